The average Bonchev–Trinajstić information content (AvgIpc) is 2.55. The van der Waals surface area contributed by atoms with Crippen molar-refractivity contribution in [3.05, 3.63) is 59.2 Å². The first kappa shape index (κ1) is 15.2. The smallest absolute Gasteiger partial charge is 0.228 e. The second-order valence-electron chi connectivity index (χ2n) is 5.76. The molecular formula is C19H21NOS. The van der Waals surface area contributed by atoms with Gasteiger partial charge in [-0.15, -0.1) is 11.8 Å². The van der Waals surface area contributed by atoms with Crippen molar-refractivity contribution >= 4 is 23.4 Å². The zero-order valence-corrected chi connectivity index (χ0v) is 13.7. The standard InChI is InChI=1S/C19H21NOS/c1-22-18-10-8-17(9-11-18)20-19(21)13-14-6-7-15-4-2-3-5-16(15)12-14/h6-12H,2-5,13H2,1H3,(H,20,21). The second-order valence-corrected chi connectivity index (χ2v) is 6.64. The van der Waals surface area contributed by atoms with E-state index in [-0.39, 0.29) is 5.91 Å². The molecule has 0 atom stereocenters. The average molecular weight is 311 g/mol. The highest BCUT2D eigenvalue weighted by atomic mass is 32.2. The summed E-state index contributed by atoms with van der Waals surface area (Å²) >= 11 is 1.70. The summed E-state index contributed by atoms with van der Waals surface area (Å²) in [7, 11) is 0. The molecule has 0 bridgehead atoms. The van der Waals surface area contributed by atoms with Gasteiger partial charge >= 0.3 is 0 Å². The number of hydrogen-bond acceptors (Lipinski definition) is 2. The minimum atomic E-state index is 0.0488. The Morgan fingerprint density at radius 3 is 2.50 bits per heavy atom. The molecule has 0 aromatic heterocycles. The molecule has 2 aromatic carbocycles. The molecular weight excluding hydrogens is 290 g/mol. The molecule has 1 amide bonds. The van der Waals surface area contributed by atoms with Gasteiger partial charge in [-0.1, -0.05) is 18.2 Å². The molecule has 1 aliphatic rings. The minimum absolute atomic E-state index is 0.0488. The highest BCUT2D eigenvalue weighted by Gasteiger charge is 2.11. The number of aryl methyl sites for hydroxylation is 2. The summed E-state index contributed by atoms with van der Waals surface area (Å²) in [5.74, 6) is 0.0488. The van der Waals surface area contributed by atoms with Crippen LogP contribution in [0.25, 0.3) is 0 Å². The Kier molecular flexibility index (Phi) is 4.84. The summed E-state index contributed by atoms with van der Waals surface area (Å²) in [4.78, 5) is 13.4. The zero-order chi connectivity index (χ0) is 15.4. The van der Waals surface area contributed by atoms with Gasteiger partial charge in [-0.2, -0.15) is 0 Å². The number of nitrogens with one attached hydrogen (secondary N) is 1. The van der Waals surface area contributed by atoms with Crippen LogP contribution in [-0.2, 0) is 24.1 Å². The fourth-order valence-electron chi connectivity index (χ4n) is 2.96. The number of fused-ring (bicyclic) bond motifs is 1. The van der Waals surface area contributed by atoms with E-state index >= 15 is 0 Å². The predicted octanol–water partition coefficient (Wildman–Crippen LogP) is 4.47. The van der Waals surface area contributed by atoms with Gasteiger partial charge in [-0.25, -0.2) is 0 Å². The van der Waals surface area contributed by atoms with Crippen LogP contribution >= 0.6 is 11.8 Å². The summed E-state index contributed by atoms with van der Waals surface area (Å²) in [5.41, 5.74) is 4.86. The SMILES string of the molecule is CSc1ccc(NC(=O)Cc2ccc3c(c2)CCCC3)cc1. The topological polar surface area (TPSA) is 29.1 Å². The van der Waals surface area contributed by atoms with E-state index in [0.29, 0.717) is 6.42 Å². The molecule has 0 saturated heterocycles. The number of anilines is 1. The Balaban J connectivity index is 1.63. The van der Waals surface area contributed by atoms with E-state index in [1.165, 1.54) is 35.3 Å². The summed E-state index contributed by atoms with van der Waals surface area (Å²) in [6.07, 6.45) is 7.38. The van der Waals surface area contributed by atoms with Gasteiger partial charge in [0.2, 0.25) is 5.91 Å². The Hall–Kier alpha value is -1.74. The lowest BCUT2D eigenvalue weighted by atomic mass is 9.90. The van der Waals surface area contributed by atoms with E-state index in [1.54, 1.807) is 11.8 Å². The molecule has 22 heavy (non-hydrogen) atoms. The monoisotopic (exact) mass is 311 g/mol. The van der Waals surface area contributed by atoms with Crippen LogP contribution in [0.1, 0.15) is 29.5 Å². The third-order valence-corrected chi connectivity index (χ3v) is 4.89. The van der Waals surface area contributed by atoms with Gasteiger partial charge in [-0.05, 0) is 72.9 Å². The Morgan fingerprint density at radius 2 is 1.77 bits per heavy atom. The number of hydrogen-bond donors (Lipinski definition) is 1. The number of benzene rings is 2. The fraction of sp³-hybridized carbons (Fsp3) is 0.316. The molecule has 0 fully saturated rings. The summed E-state index contributed by atoms with van der Waals surface area (Å²) < 4.78 is 0. The van der Waals surface area contributed by atoms with Crippen LogP contribution in [0.5, 0.6) is 0 Å². The van der Waals surface area contributed by atoms with Gasteiger partial charge < -0.3 is 5.32 Å². The van der Waals surface area contributed by atoms with Gasteiger partial charge in [0.05, 0.1) is 6.42 Å². The lowest BCUT2D eigenvalue weighted by Gasteiger charge is -2.16. The maximum absolute atomic E-state index is 12.2. The number of carbonyl (C=O) groups is 1. The first-order valence-electron chi connectivity index (χ1n) is 7.79. The lowest BCUT2D eigenvalue weighted by Crippen LogP contribution is -2.15. The molecule has 2 nitrogen and oxygen atoms in total. The van der Waals surface area contributed by atoms with Crippen molar-refractivity contribution in [1.29, 1.82) is 0 Å². The number of carbonyl (C=O) groups excluding carboxylic acids is 1. The van der Waals surface area contributed by atoms with Crippen molar-refractivity contribution in [3.8, 4) is 0 Å². The quantitative estimate of drug-likeness (QED) is 0.844. The van der Waals surface area contributed by atoms with E-state index in [1.807, 2.05) is 30.5 Å². The van der Waals surface area contributed by atoms with Crippen molar-refractivity contribution < 1.29 is 4.79 Å². The fourth-order valence-corrected chi connectivity index (χ4v) is 3.37. The Bertz CT molecular complexity index is 664. The van der Waals surface area contributed by atoms with E-state index in [2.05, 4.69) is 23.5 Å². The van der Waals surface area contributed by atoms with Crippen LogP contribution in [0.4, 0.5) is 5.69 Å². The maximum Gasteiger partial charge on any atom is 0.228 e. The van der Waals surface area contributed by atoms with Crippen molar-refractivity contribution in [3.63, 3.8) is 0 Å². The molecule has 0 spiro atoms. The molecule has 0 aliphatic heterocycles. The molecule has 1 aliphatic carbocycles. The molecule has 0 radical (unpaired) electrons. The predicted molar refractivity (Wildman–Crippen MR) is 93.6 cm³/mol. The van der Waals surface area contributed by atoms with Crippen LogP contribution in [0.2, 0.25) is 0 Å². The maximum atomic E-state index is 12.2. The molecule has 2 aromatic rings. The molecule has 0 unspecified atom stereocenters. The summed E-state index contributed by atoms with van der Waals surface area (Å²) in [6, 6.07) is 14.5. The van der Waals surface area contributed by atoms with E-state index in [4.69, 9.17) is 0 Å². The van der Waals surface area contributed by atoms with Gasteiger partial charge in [0.15, 0.2) is 0 Å². The van der Waals surface area contributed by atoms with Gasteiger partial charge in [0.1, 0.15) is 0 Å². The highest BCUT2D eigenvalue weighted by Crippen LogP contribution is 2.23. The highest BCUT2D eigenvalue weighted by molar-refractivity contribution is 7.98. The van der Waals surface area contributed by atoms with Crippen LogP contribution < -0.4 is 5.32 Å². The van der Waals surface area contributed by atoms with Crippen LogP contribution in [0, 0.1) is 0 Å². The van der Waals surface area contributed by atoms with Gasteiger partial charge in [0.25, 0.3) is 0 Å². The van der Waals surface area contributed by atoms with Crippen molar-refractivity contribution in [2.24, 2.45) is 0 Å². The third-order valence-electron chi connectivity index (χ3n) is 4.15. The molecule has 114 valence electrons. The summed E-state index contributed by atoms with van der Waals surface area (Å²) in [6.45, 7) is 0. The molecule has 1 N–H and O–H groups in total. The van der Waals surface area contributed by atoms with E-state index < -0.39 is 0 Å². The number of rotatable bonds is 4. The van der Waals surface area contributed by atoms with Gasteiger partial charge in [-0.3, -0.25) is 4.79 Å². The Labute approximate surface area is 136 Å². The van der Waals surface area contributed by atoms with E-state index in [9.17, 15) is 4.79 Å². The van der Waals surface area contributed by atoms with Gasteiger partial charge in [0, 0.05) is 10.6 Å². The largest absolute Gasteiger partial charge is 0.326 e. The lowest BCUT2D eigenvalue weighted by molar-refractivity contribution is -0.115. The second kappa shape index (κ2) is 7.01. The molecule has 0 saturated carbocycles. The van der Waals surface area contributed by atoms with Crippen LogP contribution in [0.3, 0.4) is 0 Å². The first-order chi connectivity index (χ1) is 10.7. The van der Waals surface area contributed by atoms with Crippen LogP contribution in [0.15, 0.2) is 47.4 Å². The number of amides is 1. The number of thioether (sulfide) groups is 1. The molecule has 0 heterocycles. The zero-order valence-electron chi connectivity index (χ0n) is 12.9. The van der Waals surface area contributed by atoms with Crippen LogP contribution in [-0.4, -0.2) is 12.2 Å². The van der Waals surface area contributed by atoms with Crippen molar-refractivity contribution in [1.82, 2.24) is 0 Å². The van der Waals surface area contributed by atoms with Crippen molar-refractivity contribution in [2.45, 2.75) is 37.0 Å². The normalized spacial score (nSPS) is 13.5. The minimum Gasteiger partial charge on any atom is -0.326 e. The van der Waals surface area contributed by atoms with Crippen molar-refractivity contribution in [2.75, 3.05) is 11.6 Å². The molecule has 3 heteroatoms. The third kappa shape index (κ3) is 3.72. The molecule has 3 rings (SSSR count). The first-order valence-corrected chi connectivity index (χ1v) is 9.01. The Morgan fingerprint density at radius 1 is 1.05 bits per heavy atom. The van der Waals surface area contributed by atoms with E-state index in [0.717, 1.165) is 17.7 Å². The summed E-state index contributed by atoms with van der Waals surface area (Å²) in [5, 5.41) is 2.97.